The van der Waals surface area contributed by atoms with Gasteiger partial charge >= 0.3 is 12.0 Å². The van der Waals surface area contributed by atoms with Crippen LogP contribution in [0, 0.1) is 0 Å². The van der Waals surface area contributed by atoms with Crippen molar-refractivity contribution in [2.45, 2.75) is 25.4 Å². The van der Waals surface area contributed by atoms with Crippen LogP contribution in [-0.2, 0) is 11.3 Å². The van der Waals surface area contributed by atoms with Crippen LogP contribution in [0.5, 0.6) is 0 Å². The first-order chi connectivity index (χ1) is 14.0. The van der Waals surface area contributed by atoms with Crippen LogP contribution in [0.2, 0.25) is 0 Å². The summed E-state index contributed by atoms with van der Waals surface area (Å²) in [6, 6.07) is 13.7. The Hall–Kier alpha value is -3.68. The molecule has 4 rings (SSSR count). The van der Waals surface area contributed by atoms with Crippen LogP contribution in [0.15, 0.2) is 54.6 Å². The Kier molecular flexibility index (Phi) is 4.75. The Balaban J connectivity index is 1.72. The van der Waals surface area contributed by atoms with Gasteiger partial charge in [-0.3, -0.25) is 9.59 Å². The fraction of sp³-hybridized carbons (Fsp3) is 0.238. The highest BCUT2D eigenvalue weighted by atomic mass is 16.4. The van der Waals surface area contributed by atoms with Crippen molar-refractivity contribution in [3.63, 3.8) is 0 Å². The van der Waals surface area contributed by atoms with E-state index in [4.69, 9.17) is 0 Å². The fourth-order valence-corrected chi connectivity index (χ4v) is 3.78. The van der Waals surface area contributed by atoms with Crippen molar-refractivity contribution in [1.82, 2.24) is 14.9 Å². The van der Waals surface area contributed by atoms with Gasteiger partial charge in [0.25, 0.3) is 11.8 Å². The van der Waals surface area contributed by atoms with Gasteiger partial charge in [-0.15, -0.1) is 0 Å². The molecule has 2 aliphatic rings. The van der Waals surface area contributed by atoms with Gasteiger partial charge in [-0.25, -0.2) is 14.6 Å². The predicted molar refractivity (Wildman–Crippen MR) is 102 cm³/mol. The number of fused-ring (bicyclic) bond motifs is 1. The Morgan fingerprint density at radius 1 is 0.966 bits per heavy atom. The number of likely N-dealkylation sites (tertiary alicyclic amines) is 1. The SMILES string of the molecule is O=C(O)[C@@H]1CCCN1C(=O)N(Cc1ccccc1)N1C(=O)c2ccccc2C1=O. The van der Waals surface area contributed by atoms with E-state index in [0.717, 1.165) is 10.0 Å². The van der Waals surface area contributed by atoms with Gasteiger partial charge in [-0.05, 0) is 30.5 Å². The largest absolute Gasteiger partial charge is 0.480 e. The van der Waals surface area contributed by atoms with E-state index in [1.54, 1.807) is 36.4 Å². The van der Waals surface area contributed by atoms with Gasteiger partial charge in [0.15, 0.2) is 0 Å². The second kappa shape index (κ2) is 7.38. The molecule has 4 amide bonds. The van der Waals surface area contributed by atoms with Crippen LogP contribution in [-0.4, -0.2) is 56.4 Å². The number of urea groups is 1. The van der Waals surface area contributed by atoms with Crippen LogP contribution in [0.1, 0.15) is 39.1 Å². The molecule has 0 bridgehead atoms. The molecule has 2 heterocycles. The normalized spacial score (nSPS) is 18.1. The summed E-state index contributed by atoms with van der Waals surface area (Å²) in [5.41, 5.74) is 1.16. The summed E-state index contributed by atoms with van der Waals surface area (Å²) in [5, 5.41) is 11.3. The van der Waals surface area contributed by atoms with Gasteiger partial charge in [0.05, 0.1) is 17.7 Å². The lowest BCUT2D eigenvalue weighted by molar-refractivity contribution is -0.141. The molecular formula is C21H19N3O5. The number of rotatable bonds is 4. The minimum absolute atomic E-state index is 0.0337. The number of amides is 4. The Labute approximate surface area is 166 Å². The molecule has 2 aromatic rings. The van der Waals surface area contributed by atoms with Gasteiger partial charge in [-0.1, -0.05) is 42.5 Å². The molecule has 1 fully saturated rings. The second-order valence-electron chi connectivity index (χ2n) is 6.98. The van der Waals surface area contributed by atoms with E-state index in [0.29, 0.717) is 18.4 Å². The molecule has 1 saturated heterocycles. The van der Waals surface area contributed by atoms with Crippen LogP contribution >= 0.6 is 0 Å². The fourth-order valence-electron chi connectivity index (χ4n) is 3.78. The maximum atomic E-state index is 13.3. The number of carbonyl (C=O) groups is 4. The van der Waals surface area contributed by atoms with E-state index >= 15 is 0 Å². The zero-order valence-electron chi connectivity index (χ0n) is 15.5. The minimum atomic E-state index is -1.10. The summed E-state index contributed by atoms with van der Waals surface area (Å²) < 4.78 is 0. The molecule has 0 aliphatic carbocycles. The van der Waals surface area contributed by atoms with E-state index in [-0.39, 0.29) is 24.2 Å². The number of carbonyl (C=O) groups excluding carboxylic acids is 3. The van der Waals surface area contributed by atoms with E-state index in [2.05, 4.69) is 0 Å². The summed E-state index contributed by atoms with van der Waals surface area (Å²) in [7, 11) is 0. The summed E-state index contributed by atoms with van der Waals surface area (Å²) in [6.45, 7) is 0.220. The van der Waals surface area contributed by atoms with E-state index < -0.39 is 29.9 Å². The number of nitrogens with zero attached hydrogens (tertiary/aromatic N) is 3. The zero-order chi connectivity index (χ0) is 20.5. The van der Waals surface area contributed by atoms with Crippen molar-refractivity contribution in [3.8, 4) is 0 Å². The number of aliphatic carboxylic acids is 1. The van der Waals surface area contributed by atoms with Gasteiger partial charge in [0, 0.05) is 6.54 Å². The summed E-state index contributed by atoms with van der Waals surface area (Å²) in [4.78, 5) is 52.0. The van der Waals surface area contributed by atoms with Crippen molar-refractivity contribution >= 4 is 23.8 Å². The van der Waals surface area contributed by atoms with Crippen LogP contribution < -0.4 is 0 Å². The molecule has 2 aliphatic heterocycles. The van der Waals surface area contributed by atoms with Crippen LogP contribution in [0.3, 0.4) is 0 Å². The number of benzene rings is 2. The maximum absolute atomic E-state index is 13.3. The molecule has 0 aromatic heterocycles. The van der Waals surface area contributed by atoms with Crippen molar-refractivity contribution < 1.29 is 24.3 Å². The van der Waals surface area contributed by atoms with Crippen molar-refractivity contribution in [2.75, 3.05) is 6.54 Å². The van der Waals surface area contributed by atoms with Gasteiger partial charge in [-0.2, -0.15) is 5.01 Å². The molecular weight excluding hydrogens is 374 g/mol. The predicted octanol–water partition coefficient (Wildman–Crippen LogP) is 2.37. The van der Waals surface area contributed by atoms with Crippen molar-refractivity contribution in [3.05, 3.63) is 71.3 Å². The number of carboxylic acid groups (broad SMARTS) is 1. The molecule has 29 heavy (non-hydrogen) atoms. The van der Waals surface area contributed by atoms with Gasteiger partial charge < -0.3 is 10.0 Å². The van der Waals surface area contributed by atoms with Gasteiger partial charge in [0.2, 0.25) is 0 Å². The van der Waals surface area contributed by atoms with E-state index in [1.807, 2.05) is 6.07 Å². The molecule has 148 valence electrons. The highest BCUT2D eigenvalue weighted by molar-refractivity contribution is 6.21. The molecule has 8 heteroatoms. The molecule has 2 aromatic carbocycles. The number of carboxylic acids is 1. The number of imide groups is 1. The zero-order valence-corrected chi connectivity index (χ0v) is 15.5. The highest BCUT2D eigenvalue weighted by Crippen LogP contribution is 2.28. The number of hydrogen-bond donors (Lipinski definition) is 1. The molecule has 0 radical (unpaired) electrons. The van der Waals surface area contributed by atoms with Crippen LogP contribution in [0.4, 0.5) is 4.79 Å². The smallest absolute Gasteiger partial charge is 0.340 e. The lowest BCUT2D eigenvalue weighted by atomic mass is 10.1. The van der Waals surface area contributed by atoms with Gasteiger partial charge in [0.1, 0.15) is 6.04 Å². The van der Waals surface area contributed by atoms with E-state index in [9.17, 15) is 24.3 Å². The first-order valence-corrected chi connectivity index (χ1v) is 9.31. The molecule has 8 nitrogen and oxygen atoms in total. The number of hydrogen-bond acceptors (Lipinski definition) is 4. The minimum Gasteiger partial charge on any atom is -0.480 e. The van der Waals surface area contributed by atoms with Crippen molar-refractivity contribution in [1.29, 1.82) is 0 Å². The first kappa shape index (κ1) is 18.7. The van der Waals surface area contributed by atoms with Crippen molar-refractivity contribution in [2.24, 2.45) is 0 Å². The Morgan fingerprint density at radius 3 is 2.14 bits per heavy atom. The molecule has 0 unspecified atom stereocenters. The lowest BCUT2D eigenvalue weighted by Gasteiger charge is -2.34. The average molecular weight is 393 g/mol. The summed E-state index contributed by atoms with van der Waals surface area (Å²) in [5.74, 6) is -2.29. The third-order valence-corrected chi connectivity index (χ3v) is 5.19. The first-order valence-electron chi connectivity index (χ1n) is 9.31. The second-order valence-corrected chi connectivity index (χ2v) is 6.98. The van der Waals surface area contributed by atoms with E-state index in [1.165, 1.54) is 17.0 Å². The maximum Gasteiger partial charge on any atom is 0.340 e. The number of hydrazine groups is 1. The molecule has 0 spiro atoms. The summed E-state index contributed by atoms with van der Waals surface area (Å²) >= 11 is 0. The Morgan fingerprint density at radius 2 is 1.55 bits per heavy atom. The van der Waals surface area contributed by atoms with Crippen LogP contribution in [0.25, 0.3) is 0 Å². The standard InChI is InChI=1S/C21H19N3O5/c25-18-15-9-4-5-10-16(15)19(26)24(18)23(13-14-7-2-1-3-8-14)21(29)22-12-6-11-17(22)20(27)28/h1-5,7-10,17H,6,11-13H2,(H,27,28)/t17-/m0/s1. The topological polar surface area (TPSA) is 98.2 Å². The monoisotopic (exact) mass is 393 g/mol. The molecule has 0 saturated carbocycles. The third-order valence-electron chi connectivity index (χ3n) is 5.19. The average Bonchev–Trinajstić information content (AvgIpc) is 3.31. The molecule has 1 atom stereocenters. The third kappa shape index (κ3) is 3.22. The Bertz CT molecular complexity index is 956. The lowest BCUT2D eigenvalue weighted by Crippen LogP contribution is -2.55. The summed E-state index contributed by atoms with van der Waals surface area (Å²) in [6.07, 6.45) is 0.881. The molecule has 1 N–H and O–H groups in total. The highest BCUT2D eigenvalue weighted by Gasteiger charge is 2.45. The quantitative estimate of drug-likeness (QED) is 0.804.